The zero-order chi connectivity index (χ0) is 9.10. The molecule has 2 heterocycles. The molecule has 0 amide bonds. The molecule has 0 bridgehead atoms. The normalized spacial score (nSPS) is 22.4. The zero-order valence-corrected chi connectivity index (χ0v) is 8.52. The summed E-state index contributed by atoms with van der Waals surface area (Å²) in [7, 11) is 0. The van der Waals surface area contributed by atoms with Gasteiger partial charge in [-0.1, -0.05) is 0 Å². The molecule has 0 aromatic carbocycles. The van der Waals surface area contributed by atoms with E-state index in [-0.39, 0.29) is 0 Å². The lowest BCUT2D eigenvalue weighted by Gasteiger charge is -2.07. The highest BCUT2D eigenvalue weighted by Gasteiger charge is 2.14. The van der Waals surface area contributed by atoms with Crippen molar-refractivity contribution in [1.29, 1.82) is 0 Å². The average Bonchev–Trinajstić information content (AvgIpc) is 2.71. The van der Waals surface area contributed by atoms with Gasteiger partial charge >= 0.3 is 0 Å². The highest BCUT2D eigenvalue weighted by molar-refractivity contribution is 7.99. The van der Waals surface area contributed by atoms with Gasteiger partial charge in [-0.2, -0.15) is 16.9 Å². The molecule has 4 nitrogen and oxygen atoms in total. The largest absolute Gasteiger partial charge is 0.306 e. The Hall–Kier alpha value is -0.550. The Morgan fingerprint density at radius 3 is 3.23 bits per heavy atom. The van der Waals surface area contributed by atoms with Crippen LogP contribution in [-0.4, -0.2) is 32.7 Å². The standard InChI is InChI=1S/C8H14N4S/c1-6-10-8(12-11-6)4-9-7-2-3-13-5-7/h7,9H,2-5H2,1H3,(H,10,11,12). The van der Waals surface area contributed by atoms with Crippen LogP contribution in [0.3, 0.4) is 0 Å². The number of hydrogen-bond acceptors (Lipinski definition) is 4. The summed E-state index contributed by atoms with van der Waals surface area (Å²) < 4.78 is 0. The van der Waals surface area contributed by atoms with E-state index in [1.807, 2.05) is 18.7 Å². The molecule has 2 N–H and O–H groups in total. The highest BCUT2D eigenvalue weighted by Crippen LogP contribution is 2.16. The topological polar surface area (TPSA) is 53.6 Å². The SMILES string of the molecule is Cc1nc(CNC2CCSC2)n[nH]1. The van der Waals surface area contributed by atoms with Gasteiger partial charge in [0.05, 0.1) is 6.54 Å². The summed E-state index contributed by atoms with van der Waals surface area (Å²) in [6.07, 6.45) is 1.27. The molecule has 1 aromatic heterocycles. The summed E-state index contributed by atoms with van der Waals surface area (Å²) in [5.41, 5.74) is 0. The number of aromatic amines is 1. The Kier molecular flexibility index (Phi) is 2.85. The number of nitrogens with zero attached hydrogens (tertiary/aromatic N) is 2. The lowest BCUT2D eigenvalue weighted by atomic mass is 10.2. The van der Waals surface area contributed by atoms with Crippen molar-refractivity contribution in [2.45, 2.75) is 25.9 Å². The third-order valence-electron chi connectivity index (χ3n) is 2.12. The molecule has 0 aliphatic carbocycles. The van der Waals surface area contributed by atoms with Crippen molar-refractivity contribution >= 4 is 11.8 Å². The first-order chi connectivity index (χ1) is 6.34. The fraction of sp³-hybridized carbons (Fsp3) is 0.750. The number of hydrogen-bond donors (Lipinski definition) is 2. The summed E-state index contributed by atoms with van der Waals surface area (Å²) in [5.74, 6) is 4.26. The van der Waals surface area contributed by atoms with Gasteiger partial charge in [0.25, 0.3) is 0 Å². The van der Waals surface area contributed by atoms with Gasteiger partial charge in [0, 0.05) is 11.8 Å². The number of aromatic nitrogens is 3. The monoisotopic (exact) mass is 198 g/mol. The van der Waals surface area contributed by atoms with Gasteiger partial charge in [0.2, 0.25) is 0 Å². The molecule has 1 saturated heterocycles. The zero-order valence-electron chi connectivity index (χ0n) is 7.71. The summed E-state index contributed by atoms with van der Waals surface area (Å²) in [5, 5.41) is 10.4. The second-order valence-electron chi connectivity index (χ2n) is 3.28. The second-order valence-corrected chi connectivity index (χ2v) is 4.43. The van der Waals surface area contributed by atoms with Gasteiger partial charge in [0.15, 0.2) is 5.82 Å². The van der Waals surface area contributed by atoms with Crippen LogP contribution >= 0.6 is 11.8 Å². The van der Waals surface area contributed by atoms with Crippen LogP contribution in [0.5, 0.6) is 0 Å². The maximum absolute atomic E-state index is 4.24. The predicted molar refractivity (Wildman–Crippen MR) is 53.7 cm³/mol. The van der Waals surface area contributed by atoms with E-state index in [0.717, 1.165) is 18.2 Å². The first-order valence-electron chi connectivity index (χ1n) is 4.53. The Bertz CT molecular complexity index is 267. The van der Waals surface area contributed by atoms with Gasteiger partial charge < -0.3 is 5.32 Å². The van der Waals surface area contributed by atoms with Crippen molar-refractivity contribution in [2.75, 3.05) is 11.5 Å². The van der Waals surface area contributed by atoms with Crippen LogP contribution in [-0.2, 0) is 6.54 Å². The number of aryl methyl sites for hydroxylation is 1. The van der Waals surface area contributed by atoms with Crippen molar-refractivity contribution in [3.63, 3.8) is 0 Å². The molecule has 13 heavy (non-hydrogen) atoms. The maximum Gasteiger partial charge on any atom is 0.164 e. The highest BCUT2D eigenvalue weighted by atomic mass is 32.2. The van der Waals surface area contributed by atoms with Gasteiger partial charge in [-0.05, 0) is 19.1 Å². The molecule has 0 radical (unpaired) electrons. The quantitative estimate of drug-likeness (QED) is 0.751. The minimum Gasteiger partial charge on any atom is -0.306 e. The smallest absolute Gasteiger partial charge is 0.164 e. The first kappa shape index (κ1) is 9.02. The Morgan fingerprint density at radius 2 is 2.62 bits per heavy atom. The van der Waals surface area contributed by atoms with E-state index in [1.165, 1.54) is 17.9 Å². The van der Waals surface area contributed by atoms with E-state index in [1.54, 1.807) is 0 Å². The Balaban J connectivity index is 1.78. The minimum atomic E-state index is 0.656. The van der Waals surface area contributed by atoms with E-state index in [9.17, 15) is 0 Å². The van der Waals surface area contributed by atoms with E-state index >= 15 is 0 Å². The van der Waals surface area contributed by atoms with Crippen LogP contribution in [0.4, 0.5) is 0 Å². The van der Waals surface area contributed by atoms with E-state index in [0.29, 0.717) is 6.04 Å². The lowest BCUT2D eigenvalue weighted by molar-refractivity contribution is 0.545. The molecule has 2 rings (SSSR count). The fourth-order valence-electron chi connectivity index (χ4n) is 1.40. The third-order valence-corrected chi connectivity index (χ3v) is 3.28. The molecule has 0 spiro atoms. The van der Waals surface area contributed by atoms with Crippen LogP contribution in [0, 0.1) is 6.92 Å². The summed E-state index contributed by atoms with van der Waals surface area (Å²) in [6.45, 7) is 2.71. The molecule has 0 saturated carbocycles. The molecule has 1 unspecified atom stereocenters. The molecular formula is C8H14N4S. The molecule has 72 valence electrons. The van der Waals surface area contributed by atoms with Crippen LogP contribution in [0.1, 0.15) is 18.1 Å². The van der Waals surface area contributed by atoms with Gasteiger partial charge in [0.1, 0.15) is 5.82 Å². The predicted octanol–water partition coefficient (Wildman–Crippen LogP) is 0.708. The van der Waals surface area contributed by atoms with Gasteiger partial charge in [-0.15, -0.1) is 0 Å². The van der Waals surface area contributed by atoms with Crippen LogP contribution in [0.15, 0.2) is 0 Å². The number of rotatable bonds is 3. The first-order valence-corrected chi connectivity index (χ1v) is 5.69. The fourth-order valence-corrected chi connectivity index (χ4v) is 2.59. The van der Waals surface area contributed by atoms with Crippen molar-refractivity contribution in [2.24, 2.45) is 0 Å². The van der Waals surface area contributed by atoms with Gasteiger partial charge in [-0.3, -0.25) is 5.10 Å². The third kappa shape index (κ3) is 2.45. The average molecular weight is 198 g/mol. The van der Waals surface area contributed by atoms with Crippen molar-refractivity contribution in [3.05, 3.63) is 11.6 Å². The van der Waals surface area contributed by atoms with Gasteiger partial charge in [-0.25, -0.2) is 4.98 Å². The molecule has 1 atom stereocenters. The summed E-state index contributed by atoms with van der Waals surface area (Å²) in [6, 6.07) is 0.656. The Labute approximate surface area is 81.9 Å². The number of thioether (sulfide) groups is 1. The minimum absolute atomic E-state index is 0.656. The van der Waals surface area contributed by atoms with Crippen molar-refractivity contribution in [3.8, 4) is 0 Å². The second kappa shape index (κ2) is 4.11. The maximum atomic E-state index is 4.24. The molecule has 1 aliphatic rings. The van der Waals surface area contributed by atoms with Crippen LogP contribution in [0.25, 0.3) is 0 Å². The van der Waals surface area contributed by atoms with Crippen molar-refractivity contribution < 1.29 is 0 Å². The molecular weight excluding hydrogens is 184 g/mol. The summed E-state index contributed by atoms with van der Waals surface area (Å²) in [4.78, 5) is 4.24. The van der Waals surface area contributed by atoms with Crippen LogP contribution in [0.2, 0.25) is 0 Å². The summed E-state index contributed by atoms with van der Waals surface area (Å²) >= 11 is 2.01. The van der Waals surface area contributed by atoms with E-state index in [4.69, 9.17) is 0 Å². The molecule has 1 fully saturated rings. The van der Waals surface area contributed by atoms with E-state index in [2.05, 4.69) is 20.5 Å². The Morgan fingerprint density at radius 1 is 1.69 bits per heavy atom. The molecule has 1 aliphatic heterocycles. The lowest BCUT2D eigenvalue weighted by Crippen LogP contribution is -2.28. The van der Waals surface area contributed by atoms with Crippen LogP contribution < -0.4 is 5.32 Å². The van der Waals surface area contributed by atoms with E-state index < -0.39 is 0 Å². The molecule has 5 heteroatoms. The number of H-pyrrole nitrogens is 1. The number of nitrogens with one attached hydrogen (secondary N) is 2. The van der Waals surface area contributed by atoms with Crippen molar-refractivity contribution in [1.82, 2.24) is 20.5 Å². The molecule has 1 aromatic rings.